The highest BCUT2D eigenvalue weighted by Crippen LogP contribution is 2.15. The van der Waals surface area contributed by atoms with Crippen molar-refractivity contribution in [3.63, 3.8) is 0 Å². The third-order valence-electron chi connectivity index (χ3n) is 3.71. The summed E-state index contributed by atoms with van der Waals surface area (Å²) in [6, 6.07) is 3.41. The van der Waals surface area contributed by atoms with E-state index in [1.807, 2.05) is 17.9 Å². The average molecular weight is 236 g/mol. The number of hydrogen-bond donors (Lipinski definition) is 1. The van der Waals surface area contributed by atoms with Crippen LogP contribution in [0.4, 0.5) is 0 Å². The van der Waals surface area contributed by atoms with Crippen molar-refractivity contribution in [1.29, 1.82) is 0 Å². The van der Waals surface area contributed by atoms with Crippen LogP contribution in [0, 0.1) is 0 Å². The molecule has 0 amide bonds. The Balaban J connectivity index is 2.00. The average Bonchev–Trinajstić information content (AvgIpc) is 2.74. The number of piperazine rings is 1. The molecule has 0 saturated carbocycles. The van der Waals surface area contributed by atoms with E-state index >= 15 is 0 Å². The molecule has 0 bridgehead atoms. The fourth-order valence-electron chi connectivity index (χ4n) is 2.55. The Labute approximate surface area is 104 Å². The largest absolute Gasteiger partial charge is 0.311 e. The molecule has 0 spiro atoms. The molecule has 0 radical (unpaired) electrons. The first-order chi connectivity index (χ1) is 8.22. The van der Waals surface area contributed by atoms with E-state index in [0.29, 0.717) is 12.1 Å². The Morgan fingerprint density at radius 2 is 2.24 bits per heavy atom. The summed E-state index contributed by atoms with van der Waals surface area (Å²) in [7, 11) is 1.98. The smallest absolute Gasteiger partial charge is 0.0764 e. The molecule has 2 rings (SSSR count). The number of aryl methyl sites for hydroxylation is 1. The van der Waals surface area contributed by atoms with Gasteiger partial charge in [-0.2, -0.15) is 5.10 Å². The number of aromatic nitrogens is 2. The number of hydrogen-bond acceptors (Lipinski definition) is 3. The van der Waals surface area contributed by atoms with Crippen LogP contribution in [-0.2, 0) is 13.6 Å². The van der Waals surface area contributed by atoms with E-state index in [0.717, 1.165) is 19.6 Å². The first kappa shape index (κ1) is 12.6. The Bertz CT molecular complexity index is 347. The second kappa shape index (κ2) is 5.65. The zero-order chi connectivity index (χ0) is 12.3. The van der Waals surface area contributed by atoms with Gasteiger partial charge in [-0.05, 0) is 18.9 Å². The van der Waals surface area contributed by atoms with Gasteiger partial charge < -0.3 is 5.32 Å². The van der Waals surface area contributed by atoms with Crippen LogP contribution in [0.25, 0.3) is 0 Å². The number of rotatable bonds is 4. The summed E-state index contributed by atoms with van der Waals surface area (Å²) in [5.41, 5.74) is 1.18. The Morgan fingerprint density at radius 3 is 2.82 bits per heavy atom. The van der Waals surface area contributed by atoms with E-state index in [-0.39, 0.29) is 0 Å². The molecule has 2 atom stereocenters. The van der Waals surface area contributed by atoms with E-state index < -0.39 is 0 Å². The van der Waals surface area contributed by atoms with Gasteiger partial charge in [-0.25, -0.2) is 0 Å². The maximum Gasteiger partial charge on any atom is 0.0764 e. The highest BCUT2D eigenvalue weighted by Gasteiger charge is 2.26. The van der Waals surface area contributed by atoms with Crippen LogP contribution in [-0.4, -0.2) is 39.9 Å². The van der Waals surface area contributed by atoms with Crippen molar-refractivity contribution in [3.05, 3.63) is 18.0 Å². The predicted molar refractivity (Wildman–Crippen MR) is 69.8 cm³/mol. The first-order valence-electron chi connectivity index (χ1n) is 6.68. The third kappa shape index (κ3) is 3.07. The molecule has 1 N–H and O–H groups in total. The van der Waals surface area contributed by atoms with Gasteiger partial charge in [0, 0.05) is 45.0 Å². The van der Waals surface area contributed by atoms with Crippen LogP contribution in [0.1, 0.15) is 32.4 Å². The first-order valence-corrected chi connectivity index (χ1v) is 6.68. The Hall–Kier alpha value is -0.870. The second-order valence-electron chi connectivity index (χ2n) is 4.99. The van der Waals surface area contributed by atoms with Gasteiger partial charge in [0.2, 0.25) is 0 Å². The van der Waals surface area contributed by atoms with Crippen LogP contribution in [0.15, 0.2) is 12.3 Å². The van der Waals surface area contributed by atoms with Gasteiger partial charge >= 0.3 is 0 Å². The molecule has 4 heteroatoms. The molecule has 1 aliphatic rings. The van der Waals surface area contributed by atoms with Crippen molar-refractivity contribution in [2.24, 2.45) is 7.05 Å². The summed E-state index contributed by atoms with van der Waals surface area (Å²) in [6.07, 6.45) is 4.43. The maximum atomic E-state index is 4.48. The van der Waals surface area contributed by atoms with Crippen LogP contribution in [0.3, 0.4) is 0 Å². The van der Waals surface area contributed by atoms with Crippen LogP contribution in [0.2, 0.25) is 0 Å². The van der Waals surface area contributed by atoms with Crippen molar-refractivity contribution in [3.8, 4) is 0 Å². The van der Waals surface area contributed by atoms with Gasteiger partial charge in [-0.1, -0.05) is 13.8 Å². The molecular formula is C13H24N4. The topological polar surface area (TPSA) is 33.1 Å². The summed E-state index contributed by atoms with van der Waals surface area (Å²) < 4.78 is 1.88. The summed E-state index contributed by atoms with van der Waals surface area (Å²) in [4.78, 5) is 2.58. The molecule has 1 aromatic rings. The molecule has 96 valence electrons. The molecule has 1 fully saturated rings. The molecule has 0 aromatic carbocycles. The molecule has 2 unspecified atom stereocenters. The van der Waals surface area contributed by atoms with Crippen molar-refractivity contribution in [1.82, 2.24) is 20.0 Å². The van der Waals surface area contributed by atoms with Crippen LogP contribution >= 0.6 is 0 Å². The normalized spacial score (nSPS) is 26.3. The fraction of sp³-hybridized carbons (Fsp3) is 0.769. The summed E-state index contributed by atoms with van der Waals surface area (Å²) in [6.45, 7) is 7.76. The molecule has 0 aliphatic carbocycles. The standard InChI is InChI=1S/C13H24N4/c1-4-11-9-17(13(5-2)8-14-11)10-12-6-7-16(3)15-12/h6-7,11,13-14H,4-5,8-10H2,1-3H3. The molecule has 1 saturated heterocycles. The molecule has 1 aliphatic heterocycles. The minimum absolute atomic E-state index is 0.640. The van der Waals surface area contributed by atoms with Gasteiger partial charge in [-0.3, -0.25) is 9.58 Å². The summed E-state index contributed by atoms with van der Waals surface area (Å²) >= 11 is 0. The minimum atomic E-state index is 0.640. The van der Waals surface area contributed by atoms with E-state index in [4.69, 9.17) is 0 Å². The lowest BCUT2D eigenvalue weighted by Gasteiger charge is -2.39. The highest BCUT2D eigenvalue weighted by molar-refractivity contribution is 5.00. The number of nitrogens with zero attached hydrogens (tertiary/aromatic N) is 3. The molecule has 17 heavy (non-hydrogen) atoms. The monoisotopic (exact) mass is 236 g/mol. The van der Waals surface area contributed by atoms with Crippen molar-refractivity contribution in [2.45, 2.75) is 45.3 Å². The van der Waals surface area contributed by atoms with Crippen LogP contribution < -0.4 is 5.32 Å². The van der Waals surface area contributed by atoms with Gasteiger partial charge in [0.15, 0.2) is 0 Å². The van der Waals surface area contributed by atoms with Crippen molar-refractivity contribution >= 4 is 0 Å². The van der Waals surface area contributed by atoms with Gasteiger partial charge in [0.05, 0.1) is 5.69 Å². The van der Waals surface area contributed by atoms with E-state index in [1.54, 1.807) is 0 Å². The quantitative estimate of drug-likeness (QED) is 0.857. The van der Waals surface area contributed by atoms with Crippen molar-refractivity contribution < 1.29 is 0 Å². The maximum absolute atomic E-state index is 4.48. The zero-order valence-corrected chi connectivity index (χ0v) is 11.2. The van der Waals surface area contributed by atoms with E-state index in [2.05, 4.69) is 35.2 Å². The lowest BCUT2D eigenvalue weighted by Crippen LogP contribution is -2.55. The molecule has 4 nitrogen and oxygen atoms in total. The molecule has 2 heterocycles. The summed E-state index contributed by atoms with van der Waals surface area (Å²) in [5.74, 6) is 0. The second-order valence-corrected chi connectivity index (χ2v) is 4.99. The van der Waals surface area contributed by atoms with E-state index in [9.17, 15) is 0 Å². The lowest BCUT2D eigenvalue weighted by atomic mass is 10.1. The molecule has 1 aromatic heterocycles. The Kier molecular flexibility index (Phi) is 4.18. The Morgan fingerprint density at radius 1 is 1.41 bits per heavy atom. The number of nitrogens with one attached hydrogen (secondary N) is 1. The van der Waals surface area contributed by atoms with Crippen molar-refractivity contribution in [2.75, 3.05) is 13.1 Å². The van der Waals surface area contributed by atoms with E-state index in [1.165, 1.54) is 18.5 Å². The van der Waals surface area contributed by atoms with Gasteiger partial charge in [-0.15, -0.1) is 0 Å². The third-order valence-corrected chi connectivity index (χ3v) is 3.71. The van der Waals surface area contributed by atoms with Gasteiger partial charge in [0.1, 0.15) is 0 Å². The zero-order valence-electron chi connectivity index (χ0n) is 11.2. The lowest BCUT2D eigenvalue weighted by molar-refractivity contribution is 0.116. The fourth-order valence-corrected chi connectivity index (χ4v) is 2.55. The SMILES string of the molecule is CCC1CN(Cc2ccn(C)n2)C(CC)CN1. The van der Waals surface area contributed by atoms with Crippen LogP contribution in [0.5, 0.6) is 0 Å². The highest BCUT2D eigenvalue weighted by atomic mass is 15.3. The minimum Gasteiger partial charge on any atom is -0.311 e. The van der Waals surface area contributed by atoms with Gasteiger partial charge in [0.25, 0.3) is 0 Å². The predicted octanol–water partition coefficient (Wildman–Crippen LogP) is 1.38. The summed E-state index contributed by atoms with van der Waals surface area (Å²) in [5, 5.41) is 8.10. The molecular weight excluding hydrogens is 212 g/mol.